The van der Waals surface area contributed by atoms with Gasteiger partial charge in [-0.1, -0.05) is 26.0 Å². The molecule has 2 rings (SSSR count). The Morgan fingerprint density at radius 1 is 1.33 bits per heavy atom. The van der Waals surface area contributed by atoms with Crippen LogP contribution in [0.2, 0.25) is 0 Å². The molecule has 1 amide bonds. The van der Waals surface area contributed by atoms with Crippen LogP contribution in [0.15, 0.2) is 24.3 Å². The first-order valence-electron chi connectivity index (χ1n) is 7.94. The van der Waals surface area contributed by atoms with E-state index >= 15 is 0 Å². The second-order valence-corrected chi connectivity index (χ2v) is 6.37. The molecule has 2 N–H and O–H groups in total. The average Bonchev–Trinajstić information content (AvgIpc) is 2.49. The number of hydrogen-bond acceptors (Lipinski definition) is 2. The van der Waals surface area contributed by atoms with Crippen molar-refractivity contribution in [1.29, 1.82) is 0 Å². The number of benzene rings is 1. The number of amides is 1. The van der Waals surface area contributed by atoms with Crippen molar-refractivity contribution in [3.63, 3.8) is 0 Å². The lowest BCUT2D eigenvalue weighted by atomic mass is 9.93. The molecule has 0 aliphatic carbocycles. The van der Waals surface area contributed by atoms with Crippen molar-refractivity contribution in [2.75, 3.05) is 13.1 Å². The molecule has 7 heteroatoms. The fourth-order valence-corrected chi connectivity index (χ4v) is 2.89. The lowest BCUT2D eigenvalue weighted by Gasteiger charge is -2.30. The summed E-state index contributed by atoms with van der Waals surface area (Å²) in [4.78, 5) is 12.2. The summed E-state index contributed by atoms with van der Waals surface area (Å²) >= 11 is 0. The molecule has 1 fully saturated rings. The monoisotopic (exact) mass is 364 g/mol. The Bertz CT molecular complexity index is 534. The van der Waals surface area contributed by atoms with Gasteiger partial charge >= 0.3 is 6.18 Å². The molecule has 24 heavy (non-hydrogen) atoms. The summed E-state index contributed by atoms with van der Waals surface area (Å²) in [6.45, 7) is 5.73. The number of halogens is 4. The summed E-state index contributed by atoms with van der Waals surface area (Å²) < 4.78 is 37.7. The third-order valence-corrected chi connectivity index (χ3v) is 4.43. The van der Waals surface area contributed by atoms with Crippen molar-refractivity contribution in [3.05, 3.63) is 35.4 Å². The SMILES string of the molecule is CC(CC(=O)NC1CCNCC1C)c1ccc(C(F)(F)F)cc1.Cl. The van der Waals surface area contributed by atoms with Crippen LogP contribution in [0.4, 0.5) is 13.2 Å². The van der Waals surface area contributed by atoms with Gasteiger partial charge in [0.25, 0.3) is 0 Å². The van der Waals surface area contributed by atoms with Crippen LogP contribution < -0.4 is 10.6 Å². The highest BCUT2D eigenvalue weighted by Crippen LogP contribution is 2.30. The second kappa shape index (κ2) is 8.72. The second-order valence-electron chi connectivity index (χ2n) is 6.37. The maximum absolute atomic E-state index is 12.6. The molecule has 0 aromatic heterocycles. The van der Waals surface area contributed by atoms with E-state index in [4.69, 9.17) is 0 Å². The van der Waals surface area contributed by atoms with E-state index in [1.165, 1.54) is 12.1 Å². The summed E-state index contributed by atoms with van der Waals surface area (Å²) in [7, 11) is 0. The summed E-state index contributed by atoms with van der Waals surface area (Å²) in [6.07, 6.45) is -3.14. The number of carbonyl (C=O) groups is 1. The molecule has 3 unspecified atom stereocenters. The van der Waals surface area contributed by atoms with Gasteiger partial charge < -0.3 is 10.6 Å². The Labute approximate surface area is 146 Å². The molecular weight excluding hydrogens is 341 g/mol. The molecule has 3 atom stereocenters. The van der Waals surface area contributed by atoms with E-state index in [1.807, 2.05) is 6.92 Å². The van der Waals surface area contributed by atoms with Gasteiger partial charge in [-0.3, -0.25) is 4.79 Å². The predicted molar refractivity (Wildman–Crippen MR) is 90.3 cm³/mol. The smallest absolute Gasteiger partial charge is 0.353 e. The average molecular weight is 365 g/mol. The Morgan fingerprint density at radius 3 is 2.50 bits per heavy atom. The summed E-state index contributed by atoms with van der Waals surface area (Å²) in [6, 6.07) is 5.21. The quantitative estimate of drug-likeness (QED) is 0.854. The van der Waals surface area contributed by atoms with Gasteiger partial charge in [-0.2, -0.15) is 13.2 Å². The van der Waals surface area contributed by atoms with E-state index in [9.17, 15) is 18.0 Å². The third-order valence-electron chi connectivity index (χ3n) is 4.43. The number of nitrogens with one attached hydrogen (secondary N) is 2. The molecule has 1 heterocycles. The largest absolute Gasteiger partial charge is 0.416 e. The van der Waals surface area contributed by atoms with Crippen LogP contribution in [0.3, 0.4) is 0 Å². The normalized spacial score (nSPS) is 22.4. The highest BCUT2D eigenvalue weighted by atomic mass is 35.5. The van der Waals surface area contributed by atoms with Crippen molar-refractivity contribution < 1.29 is 18.0 Å². The van der Waals surface area contributed by atoms with Crippen LogP contribution in [0.5, 0.6) is 0 Å². The fraction of sp³-hybridized carbons (Fsp3) is 0.588. The lowest BCUT2D eigenvalue weighted by molar-refractivity contribution is -0.137. The van der Waals surface area contributed by atoms with Crippen LogP contribution in [0.25, 0.3) is 0 Å². The predicted octanol–water partition coefficient (Wildman–Crippen LogP) is 3.74. The highest BCUT2D eigenvalue weighted by molar-refractivity contribution is 5.85. The molecule has 1 aliphatic heterocycles. The van der Waals surface area contributed by atoms with Crippen molar-refractivity contribution in [2.24, 2.45) is 5.92 Å². The first kappa shape index (κ1) is 20.8. The van der Waals surface area contributed by atoms with Gasteiger partial charge in [0.1, 0.15) is 0 Å². The minimum absolute atomic E-state index is 0. The van der Waals surface area contributed by atoms with Crippen molar-refractivity contribution in [2.45, 2.75) is 44.8 Å². The maximum atomic E-state index is 12.6. The lowest BCUT2D eigenvalue weighted by Crippen LogP contribution is -2.48. The maximum Gasteiger partial charge on any atom is 0.416 e. The molecule has 0 radical (unpaired) electrons. The van der Waals surface area contributed by atoms with E-state index in [-0.39, 0.29) is 36.7 Å². The Morgan fingerprint density at radius 2 is 1.96 bits per heavy atom. The zero-order valence-corrected chi connectivity index (χ0v) is 14.6. The van der Waals surface area contributed by atoms with Crippen LogP contribution in [0.1, 0.15) is 43.7 Å². The Balaban J connectivity index is 0.00000288. The molecule has 3 nitrogen and oxygen atoms in total. The summed E-state index contributed by atoms with van der Waals surface area (Å²) in [5, 5.41) is 6.32. The van der Waals surface area contributed by atoms with Gasteiger partial charge in [0.2, 0.25) is 5.91 Å². The van der Waals surface area contributed by atoms with Crippen molar-refractivity contribution in [1.82, 2.24) is 10.6 Å². The minimum atomic E-state index is -4.33. The van der Waals surface area contributed by atoms with E-state index in [0.717, 1.165) is 37.2 Å². The van der Waals surface area contributed by atoms with Crippen LogP contribution in [-0.4, -0.2) is 25.0 Å². The number of alkyl halides is 3. The Hall–Kier alpha value is -1.27. The van der Waals surface area contributed by atoms with E-state index in [1.54, 1.807) is 0 Å². The number of carbonyl (C=O) groups excluding carboxylic acids is 1. The molecule has 1 aromatic carbocycles. The summed E-state index contributed by atoms with van der Waals surface area (Å²) in [5.41, 5.74) is 0.0768. The topological polar surface area (TPSA) is 41.1 Å². The van der Waals surface area contributed by atoms with Gasteiger partial charge in [0.05, 0.1) is 5.56 Å². The van der Waals surface area contributed by atoms with Crippen LogP contribution in [0, 0.1) is 5.92 Å². The molecular formula is C17H24ClF3N2O. The van der Waals surface area contributed by atoms with Gasteiger partial charge in [-0.25, -0.2) is 0 Å². The van der Waals surface area contributed by atoms with Crippen LogP contribution in [-0.2, 0) is 11.0 Å². The third kappa shape index (κ3) is 5.67. The Kier molecular flexibility index (Phi) is 7.55. The zero-order valence-electron chi connectivity index (χ0n) is 13.8. The highest BCUT2D eigenvalue weighted by Gasteiger charge is 2.30. The molecule has 1 saturated heterocycles. The van der Waals surface area contributed by atoms with Crippen LogP contribution >= 0.6 is 12.4 Å². The molecule has 136 valence electrons. The fourth-order valence-electron chi connectivity index (χ4n) is 2.89. The van der Waals surface area contributed by atoms with E-state index in [0.29, 0.717) is 5.92 Å². The minimum Gasteiger partial charge on any atom is -0.353 e. The number of hydrogen-bond donors (Lipinski definition) is 2. The molecule has 0 spiro atoms. The summed E-state index contributed by atoms with van der Waals surface area (Å²) in [5.74, 6) is 0.222. The number of piperidine rings is 1. The molecule has 0 saturated carbocycles. The first-order chi connectivity index (χ1) is 10.8. The molecule has 1 aliphatic rings. The van der Waals surface area contributed by atoms with Gasteiger partial charge in [0.15, 0.2) is 0 Å². The number of rotatable bonds is 4. The van der Waals surface area contributed by atoms with Crippen molar-refractivity contribution in [3.8, 4) is 0 Å². The first-order valence-corrected chi connectivity index (χ1v) is 7.94. The van der Waals surface area contributed by atoms with Crippen molar-refractivity contribution >= 4 is 18.3 Å². The van der Waals surface area contributed by atoms with E-state index in [2.05, 4.69) is 17.6 Å². The standard InChI is InChI=1S/C17H23F3N2O.ClH/c1-11(13-3-5-14(6-4-13)17(18,19)20)9-16(23)22-15-7-8-21-10-12(15)2;/h3-6,11-12,15,21H,7-10H2,1-2H3,(H,22,23);1H. The van der Waals surface area contributed by atoms with E-state index < -0.39 is 11.7 Å². The molecule has 0 bridgehead atoms. The van der Waals surface area contributed by atoms with Gasteiger partial charge in [0, 0.05) is 12.5 Å². The zero-order chi connectivity index (χ0) is 17.0. The van der Waals surface area contributed by atoms with Gasteiger partial charge in [-0.05, 0) is 49.0 Å². The van der Waals surface area contributed by atoms with Gasteiger partial charge in [-0.15, -0.1) is 12.4 Å². The molecule has 1 aromatic rings.